The van der Waals surface area contributed by atoms with Crippen LogP contribution in [0.2, 0.25) is 0 Å². The van der Waals surface area contributed by atoms with Gasteiger partial charge in [-0.15, -0.1) is 0 Å². The van der Waals surface area contributed by atoms with Gasteiger partial charge in [0, 0.05) is 23.9 Å². The number of halogens is 3. The quantitative estimate of drug-likeness (QED) is 0.789. The Morgan fingerprint density at radius 2 is 1.95 bits per heavy atom. The fourth-order valence-corrected chi connectivity index (χ4v) is 1.62. The minimum Gasteiger partial charge on any atom is -0.473 e. The van der Waals surface area contributed by atoms with Gasteiger partial charge in [0.2, 0.25) is 5.88 Å². The molecular weight excluding hydrogens is 255 g/mol. The van der Waals surface area contributed by atoms with E-state index < -0.39 is 17.5 Å². The molecule has 0 saturated carbocycles. The smallest absolute Gasteiger partial charge is 0.213 e. The van der Waals surface area contributed by atoms with Gasteiger partial charge in [0.05, 0.1) is 0 Å². The predicted octanol–water partition coefficient (Wildman–Crippen LogP) is 3.64. The second kappa shape index (κ2) is 5.73. The molecule has 0 aliphatic carbocycles. The molecule has 2 rings (SSSR count). The van der Waals surface area contributed by atoms with Gasteiger partial charge in [-0.1, -0.05) is 6.92 Å². The summed E-state index contributed by atoms with van der Waals surface area (Å²) in [7, 11) is 0. The highest BCUT2D eigenvalue weighted by molar-refractivity contribution is 5.23. The van der Waals surface area contributed by atoms with Gasteiger partial charge in [-0.2, -0.15) is 0 Å². The molecule has 1 heterocycles. The fourth-order valence-electron chi connectivity index (χ4n) is 1.62. The highest BCUT2D eigenvalue weighted by Crippen LogP contribution is 2.17. The summed E-state index contributed by atoms with van der Waals surface area (Å²) in [6.45, 7) is 1.70. The van der Waals surface area contributed by atoms with Crippen LogP contribution in [0.25, 0.3) is 0 Å². The van der Waals surface area contributed by atoms with E-state index in [1.807, 2.05) is 13.0 Å². The van der Waals surface area contributed by atoms with Crippen molar-refractivity contribution in [2.45, 2.75) is 20.0 Å². The van der Waals surface area contributed by atoms with Crippen LogP contribution < -0.4 is 4.74 Å². The molecule has 0 atom stereocenters. The summed E-state index contributed by atoms with van der Waals surface area (Å²) in [5.41, 5.74) is 0.831. The number of ether oxygens (including phenoxy) is 1. The van der Waals surface area contributed by atoms with Gasteiger partial charge in [0.15, 0.2) is 11.6 Å². The predicted molar refractivity (Wildman–Crippen MR) is 64.3 cm³/mol. The first-order chi connectivity index (χ1) is 9.10. The first kappa shape index (κ1) is 13.4. The van der Waals surface area contributed by atoms with Crippen molar-refractivity contribution in [3.05, 3.63) is 59.0 Å². The van der Waals surface area contributed by atoms with Crippen LogP contribution in [-0.2, 0) is 13.0 Å². The number of pyridine rings is 1. The summed E-state index contributed by atoms with van der Waals surface area (Å²) < 4.78 is 44.6. The zero-order valence-corrected chi connectivity index (χ0v) is 10.3. The minimum atomic E-state index is -1.23. The van der Waals surface area contributed by atoms with Crippen molar-refractivity contribution in [3.8, 4) is 5.88 Å². The lowest BCUT2D eigenvalue weighted by Crippen LogP contribution is -2.03. The van der Waals surface area contributed by atoms with E-state index in [1.54, 1.807) is 12.3 Å². The molecule has 0 fully saturated rings. The van der Waals surface area contributed by atoms with Crippen LogP contribution in [0.15, 0.2) is 30.5 Å². The summed E-state index contributed by atoms with van der Waals surface area (Å²) in [6.07, 6.45) is 2.37. The van der Waals surface area contributed by atoms with E-state index in [9.17, 15) is 13.2 Å². The highest BCUT2D eigenvalue weighted by atomic mass is 19.2. The van der Waals surface area contributed by atoms with Crippen LogP contribution in [0.5, 0.6) is 5.88 Å². The minimum absolute atomic E-state index is 0.179. The average Bonchev–Trinajstić information content (AvgIpc) is 2.41. The number of benzene rings is 1. The molecule has 2 aromatic rings. The highest BCUT2D eigenvalue weighted by Gasteiger charge is 2.11. The van der Waals surface area contributed by atoms with Crippen molar-refractivity contribution in [1.29, 1.82) is 0 Å². The van der Waals surface area contributed by atoms with Gasteiger partial charge in [0.25, 0.3) is 0 Å². The second-order valence-corrected chi connectivity index (χ2v) is 4.01. The maximum absolute atomic E-state index is 13.4. The van der Waals surface area contributed by atoms with E-state index in [-0.39, 0.29) is 12.2 Å². The Balaban J connectivity index is 2.14. The van der Waals surface area contributed by atoms with E-state index in [0.717, 1.165) is 18.1 Å². The largest absolute Gasteiger partial charge is 0.473 e. The van der Waals surface area contributed by atoms with Crippen molar-refractivity contribution >= 4 is 0 Å². The molecule has 0 aliphatic rings. The molecule has 1 aromatic heterocycles. The van der Waals surface area contributed by atoms with Crippen molar-refractivity contribution in [2.24, 2.45) is 0 Å². The molecule has 0 saturated heterocycles. The normalized spacial score (nSPS) is 10.5. The number of aryl methyl sites for hydroxylation is 1. The molecule has 0 bridgehead atoms. The number of rotatable bonds is 4. The summed E-state index contributed by atoms with van der Waals surface area (Å²) in [5.74, 6) is -2.88. The van der Waals surface area contributed by atoms with Gasteiger partial charge < -0.3 is 4.74 Å². The van der Waals surface area contributed by atoms with Gasteiger partial charge in [-0.25, -0.2) is 18.2 Å². The molecule has 0 amide bonds. The Hall–Kier alpha value is -2.04. The van der Waals surface area contributed by atoms with Crippen molar-refractivity contribution < 1.29 is 17.9 Å². The van der Waals surface area contributed by atoms with Crippen molar-refractivity contribution in [2.75, 3.05) is 0 Å². The first-order valence-electron chi connectivity index (χ1n) is 5.81. The molecule has 19 heavy (non-hydrogen) atoms. The van der Waals surface area contributed by atoms with Crippen LogP contribution in [0.4, 0.5) is 13.2 Å². The zero-order valence-electron chi connectivity index (χ0n) is 10.3. The molecule has 0 aliphatic heterocycles. The molecular formula is C14H12F3NO. The van der Waals surface area contributed by atoms with Crippen LogP contribution in [0, 0.1) is 17.5 Å². The van der Waals surface area contributed by atoms with Gasteiger partial charge in [-0.05, 0) is 24.1 Å². The lowest BCUT2D eigenvalue weighted by molar-refractivity contribution is 0.284. The molecule has 2 nitrogen and oxygen atoms in total. The molecule has 0 spiro atoms. The molecule has 1 aromatic carbocycles. The topological polar surface area (TPSA) is 22.1 Å². The van der Waals surface area contributed by atoms with Crippen LogP contribution in [0.1, 0.15) is 18.1 Å². The van der Waals surface area contributed by atoms with E-state index in [0.29, 0.717) is 11.9 Å². The van der Waals surface area contributed by atoms with Crippen LogP contribution in [0.3, 0.4) is 0 Å². The molecule has 0 N–H and O–H groups in total. The third-order valence-corrected chi connectivity index (χ3v) is 2.65. The number of nitrogens with zero attached hydrogens (tertiary/aromatic N) is 1. The van der Waals surface area contributed by atoms with Crippen LogP contribution in [-0.4, -0.2) is 4.98 Å². The molecule has 100 valence electrons. The summed E-state index contributed by atoms with van der Waals surface area (Å²) in [6, 6.07) is 4.93. The molecule has 5 heteroatoms. The monoisotopic (exact) mass is 267 g/mol. The Morgan fingerprint density at radius 1 is 1.16 bits per heavy atom. The van der Waals surface area contributed by atoms with Crippen molar-refractivity contribution in [3.63, 3.8) is 0 Å². The Morgan fingerprint density at radius 3 is 2.68 bits per heavy atom. The second-order valence-electron chi connectivity index (χ2n) is 4.01. The van der Waals surface area contributed by atoms with E-state index in [1.165, 1.54) is 0 Å². The Bertz CT molecular complexity index is 587. The zero-order chi connectivity index (χ0) is 13.8. The molecule has 0 radical (unpaired) electrons. The van der Waals surface area contributed by atoms with E-state index >= 15 is 0 Å². The van der Waals surface area contributed by atoms with E-state index in [2.05, 4.69) is 4.98 Å². The van der Waals surface area contributed by atoms with Crippen molar-refractivity contribution in [1.82, 2.24) is 4.98 Å². The third-order valence-electron chi connectivity index (χ3n) is 2.65. The Kier molecular flexibility index (Phi) is 4.04. The lowest BCUT2D eigenvalue weighted by atomic mass is 10.2. The summed E-state index contributed by atoms with van der Waals surface area (Å²) in [4.78, 5) is 3.94. The lowest BCUT2D eigenvalue weighted by Gasteiger charge is -2.08. The number of hydrogen-bond acceptors (Lipinski definition) is 2. The first-order valence-corrected chi connectivity index (χ1v) is 5.81. The summed E-state index contributed by atoms with van der Waals surface area (Å²) >= 11 is 0. The van der Waals surface area contributed by atoms with Gasteiger partial charge in [-0.3, -0.25) is 0 Å². The maximum atomic E-state index is 13.4. The molecule has 0 unspecified atom stereocenters. The fraction of sp³-hybridized carbons (Fsp3) is 0.214. The average molecular weight is 267 g/mol. The standard InChI is InChI=1S/C14H12F3NO/c1-2-9-3-4-18-13(5-9)19-8-10-6-11(15)7-12(16)14(10)17/h3-7H,2,8H2,1H3. The SMILES string of the molecule is CCc1ccnc(OCc2cc(F)cc(F)c2F)c1. The Labute approximate surface area is 108 Å². The van der Waals surface area contributed by atoms with E-state index in [4.69, 9.17) is 4.74 Å². The third kappa shape index (κ3) is 3.24. The van der Waals surface area contributed by atoms with Gasteiger partial charge in [0.1, 0.15) is 12.4 Å². The number of aromatic nitrogens is 1. The summed E-state index contributed by atoms with van der Waals surface area (Å²) in [5, 5.41) is 0. The maximum Gasteiger partial charge on any atom is 0.213 e. The number of hydrogen-bond donors (Lipinski definition) is 0. The van der Waals surface area contributed by atoms with Gasteiger partial charge >= 0.3 is 0 Å². The van der Waals surface area contributed by atoms with Crippen LogP contribution >= 0.6 is 0 Å².